The van der Waals surface area contributed by atoms with E-state index in [0.29, 0.717) is 0 Å². The van der Waals surface area contributed by atoms with Crippen LogP contribution in [0.1, 0.15) is 84.5 Å². The number of hydrogen-bond acceptors (Lipinski definition) is 6. The van der Waals surface area contributed by atoms with Gasteiger partial charge in [-0.1, -0.05) is 44.3 Å². The number of unbranched alkanes of at least 4 members (excludes halogenated alkanes) is 7. The molecule has 0 spiro atoms. The summed E-state index contributed by atoms with van der Waals surface area (Å²) in [4.78, 5) is 27.4. The molecular weight excluding hydrogens is 416 g/mol. The number of nitrogens with zero attached hydrogens (tertiary/aromatic N) is 2. The molecule has 0 aromatic heterocycles. The first kappa shape index (κ1) is 33.5. The molecule has 6 nitrogen and oxygen atoms in total. The summed E-state index contributed by atoms with van der Waals surface area (Å²) in [6.45, 7) is 11.3. The van der Waals surface area contributed by atoms with Crippen LogP contribution in [0.4, 0.5) is 0 Å². The summed E-state index contributed by atoms with van der Waals surface area (Å²) in [7, 11) is 10.6. The van der Waals surface area contributed by atoms with Crippen LogP contribution in [0.25, 0.3) is 0 Å². The Morgan fingerprint density at radius 3 is 1.24 bits per heavy atom. The van der Waals surface area contributed by atoms with Crippen LogP contribution < -0.4 is 0 Å². The fourth-order valence-corrected chi connectivity index (χ4v) is 3.50. The molecule has 194 valence electrons. The monoisotopic (exact) mass is 468 g/mol. The van der Waals surface area contributed by atoms with Gasteiger partial charge >= 0.3 is 11.9 Å². The number of likely N-dealkylation sites (N-methyl/N-ethyl adjacent to an activating group) is 2. The van der Waals surface area contributed by atoms with Gasteiger partial charge in [0.2, 0.25) is 0 Å². The summed E-state index contributed by atoms with van der Waals surface area (Å²) in [5.74, 6) is -0.296. The molecule has 0 fully saturated rings. The summed E-state index contributed by atoms with van der Waals surface area (Å²) in [5, 5.41) is 0. The molecular formula is C27H52N2O4. The second-order valence-electron chi connectivity index (χ2n) is 9.45. The lowest BCUT2D eigenvalue weighted by molar-refractivity contribution is -0.154. The number of carbonyl (C=O) groups is 2. The Kier molecular flexibility index (Phi) is 19.0. The first-order chi connectivity index (χ1) is 15.5. The predicted octanol–water partition coefficient (Wildman–Crippen LogP) is 5.62. The second-order valence-corrected chi connectivity index (χ2v) is 9.45. The highest BCUT2D eigenvalue weighted by atomic mass is 16.5. The van der Waals surface area contributed by atoms with E-state index in [9.17, 15) is 9.59 Å². The van der Waals surface area contributed by atoms with Gasteiger partial charge < -0.3 is 9.47 Å². The summed E-state index contributed by atoms with van der Waals surface area (Å²) >= 11 is 0. The Balaban J connectivity index is 0. The summed E-state index contributed by atoms with van der Waals surface area (Å²) in [6, 6.07) is 0. The SMILES string of the molecule is C=CCCCCCC[C@@](C)(C(=O)OC)N(C)C.C=CCCCCC[C@@](C)(C(=O)OC)N(C)C. The minimum atomic E-state index is -0.497. The molecule has 0 aliphatic rings. The standard InChI is InChI=1S/C14H27NO2.C13H25NO2/c1-6-7-8-9-10-11-12-14(2,15(3)4)13(16)17-5;1-6-7-8-9-10-11-13(2,14(3)4)12(15)16-5/h6H,1,7-12H2,2-5H3;6H,1,7-11H2,2-5H3/t14-;13-/m00/s1. The molecule has 0 aliphatic heterocycles. The lowest BCUT2D eigenvalue weighted by Gasteiger charge is -2.33. The van der Waals surface area contributed by atoms with Gasteiger partial charge in [0.15, 0.2) is 0 Å². The highest BCUT2D eigenvalue weighted by Crippen LogP contribution is 2.23. The third-order valence-corrected chi connectivity index (χ3v) is 6.62. The predicted molar refractivity (Wildman–Crippen MR) is 139 cm³/mol. The van der Waals surface area contributed by atoms with Gasteiger partial charge in [-0.05, 0) is 80.6 Å². The van der Waals surface area contributed by atoms with E-state index in [1.165, 1.54) is 27.1 Å². The molecule has 0 aromatic carbocycles. The van der Waals surface area contributed by atoms with Crippen molar-refractivity contribution in [3.63, 3.8) is 0 Å². The molecule has 6 heteroatoms. The smallest absolute Gasteiger partial charge is 0.325 e. The number of methoxy groups -OCH3 is 2. The van der Waals surface area contributed by atoms with E-state index in [-0.39, 0.29) is 11.9 Å². The van der Waals surface area contributed by atoms with Crippen LogP contribution in [0.15, 0.2) is 25.3 Å². The van der Waals surface area contributed by atoms with Gasteiger partial charge in [-0.3, -0.25) is 19.4 Å². The largest absolute Gasteiger partial charge is 0.468 e. The minimum Gasteiger partial charge on any atom is -0.468 e. The maximum atomic E-state index is 11.8. The lowest BCUT2D eigenvalue weighted by Crippen LogP contribution is -2.49. The number of allylic oxidation sites excluding steroid dienone is 2. The molecule has 0 saturated carbocycles. The van der Waals surface area contributed by atoms with Gasteiger partial charge in [-0.2, -0.15) is 0 Å². The van der Waals surface area contributed by atoms with Crippen LogP contribution >= 0.6 is 0 Å². The second kappa shape index (κ2) is 18.7. The van der Waals surface area contributed by atoms with Crippen LogP contribution in [0.5, 0.6) is 0 Å². The zero-order valence-electron chi connectivity index (χ0n) is 22.9. The Morgan fingerprint density at radius 1 is 0.667 bits per heavy atom. The molecule has 2 atom stereocenters. The number of carbonyl (C=O) groups excluding carboxylic acids is 2. The van der Waals surface area contributed by atoms with E-state index in [4.69, 9.17) is 9.47 Å². The molecule has 0 heterocycles. The molecule has 0 aliphatic carbocycles. The lowest BCUT2D eigenvalue weighted by atomic mass is 9.92. The van der Waals surface area contributed by atoms with Crippen molar-refractivity contribution >= 4 is 11.9 Å². The van der Waals surface area contributed by atoms with Crippen LogP contribution in [0.2, 0.25) is 0 Å². The molecule has 0 bridgehead atoms. The van der Waals surface area contributed by atoms with Crippen molar-refractivity contribution in [2.75, 3.05) is 42.4 Å². The van der Waals surface area contributed by atoms with Crippen molar-refractivity contribution in [3.8, 4) is 0 Å². The normalized spacial score (nSPS) is 14.5. The maximum Gasteiger partial charge on any atom is 0.325 e. The first-order valence-corrected chi connectivity index (χ1v) is 12.2. The van der Waals surface area contributed by atoms with E-state index in [2.05, 4.69) is 13.2 Å². The van der Waals surface area contributed by atoms with E-state index in [0.717, 1.165) is 57.8 Å². The molecule has 0 radical (unpaired) electrons. The van der Waals surface area contributed by atoms with E-state index in [1.807, 2.05) is 64.0 Å². The van der Waals surface area contributed by atoms with Crippen LogP contribution in [-0.4, -0.2) is 75.2 Å². The zero-order valence-corrected chi connectivity index (χ0v) is 22.9. The summed E-state index contributed by atoms with van der Waals surface area (Å²) in [5.41, 5.74) is -0.990. The molecule has 0 N–H and O–H groups in total. The Morgan fingerprint density at radius 2 is 0.970 bits per heavy atom. The van der Waals surface area contributed by atoms with Crippen molar-refractivity contribution in [3.05, 3.63) is 25.3 Å². The highest BCUT2D eigenvalue weighted by Gasteiger charge is 2.36. The van der Waals surface area contributed by atoms with Gasteiger partial charge in [0.25, 0.3) is 0 Å². The van der Waals surface area contributed by atoms with E-state index in [1.54, 1.807) is 0 Å². The topological polar surface area (TPSA) is 59.1 Å². The van der Waals surface area contributed by atoms with Gasteiger partial charge in [0.1, 0.15) is 11.1 Å². The van der Waals surface area contributed by atoms with Crippen LogP contribution in [-0.2, 0) is 19.1 Å². The summed E-state index contributed by atoms with van der Waals surface area (Å²) in [6.07, 6.45) is 15.7. The van der Waals surface area contributed by atoms with Crippen molar-refractivity contribution < 1.29 is 19.1 Å². The fourth-order valence-electron chi connectivity index (χ4n) is 3.50. The summed E-state index contributed by atoms with van der Waals surface area (Å²) < 4.78 is 9.74. The fraction of sp³-hybridized carbons (Fsp3) is 0.778. The van der Waals surface area contributed by atoms with Crippen molar-refractivity contribution in [2.24, 2.45) is 0 Å². The quantitative estimate of drug-likeness (QED) is 0.157. The third kappa shape index (κ3) is 13.0. The average molecular weight is 469 g/mol. The number of esters is 2. The Hall–Kier alpha value is -1.66. The first-order valence-electron chi connectivity index (χ1n) is 12.2. The molecule has 0 aromatic rings. The van der Waals surface area contributed by atoms with E-state index < -0.39 is 11.1 Å². The van der Waals surface area contributed by atoms with Crippen molar-refractivity contribution in [2.45, 2.75) is 95.6 Å². The number of ether oxygens (including phenoxy) is 2. The van der Waals surface area contributed by atoms with Crippen LogP contribution in [0, 0.1) is 0 Å². The highest BCUT2D eigenvalue weighted by molar-refractivity contribution is 5.80. The maximum absolute atomic E-state index is 11.8. The average Bonchev–Trinajstić information content (AvgIpc) is 2.79. The van der Waals surface area contributed by atoms with Gasteiger partial charge in [-0.15, -0.1) is 13.2 Å². The Bertz CT molecular complexity index is 562. The van der Waals surface area contributed by atoms with Gasteiger partial charge in [0.05, 0.1) is 14.2 Å². The molecule has 0 unspecified atom stereocenters. The van der Waals surface area contributed by atoms with Gasteiger partial charge in [0, 0.05) is 0 Å². The van der Waals surface area contributed by atoms with Crippen molar-refractivity contribution in [1.82, 2.24) is 9.80 Å². The zero-order chi connectivity index (χ0) is 25.9. The Labute approximate surface area is 204 Å². The number of hydrogen-bond donors (Lipinski definition) is 0. The van der Waals surface area contributed by atoms with E-state index >= 15 is 0 Å². The third-order valence-electron chi connectivity index (χ3n) is 6.62. The molecule has 33 heavy (non-hydrogen) atoms. The minimum absolute atomic E-state index is 0.145. The van der Waals surface area contributed by atoms with Crippen LogP contribution in [0.3, 0.4) is 0 Å². The molecule has 0 amide bonds. The molecule has 0 saturated heterocycles. The van der Waals surface area contributed by atoms with Gasteiger partial charge in [-0.25, -0.2) is 0 Å². The molecule has 0 rings (SSSR count). The van der Waals surface area contributed by atoms with Crippen molar-refractivity contribution in [1.29, 1.82) is 0 Å². The number of rotatable bonds is 17.